The minimum absolute atomic E-state index is 0.0233. The van der Waals surface area contributed by atoms with Gasteiger partial charge in [-0.3, -0.25) is 13.9 Å². The van der Waals surface area contributed by atoms with Gasteiger partial charge in [-0.25, -0.2) is 8.42 Å². The summed E-state index contributed by atoms with van der Waals surface area (Å²) in [6, 6.07) is 20.9. The van der Waals surface area contributed by atoms with E-state index < -0.39 is 28.5 Å². The maximum absolute atomic E-state index is 14.0. The molecule has 0 aliphatic heterocycles. The highest BCUT2D eigenvalue weighted by Gasteiger charge is 2.33. The van der Waals surface area contributed by atoms with Crippen LogP contribution in [0.15, 0.2) is 83.8 Å². The van der Waals surface area contributed by atoms with Gasteiger partial charge in [-0.05, 0) is 67.3 Å². The molecule has 0 bridgehead atoms. The number of rotatable bonds is 14. The number of unbranched alkanes of at least 4 members (excludes halogenated alkanes) is 1. The average Bonchev–Trinajstić information content (AvgIpc) is 2.94. The van der Waals surface area contributed by atoms with Gasteiger partial charge in [0, 0.05) is 23.1 Å². The summed E-state index contributed by atoms with van der Waals surface area (Å²) in [6.07, 6.45) is 2.62. The molecular formula is C30H35Cl2N3O4S. The van der Waals surface area contributed by atoms with Crippen LogP contribution >= 0.6 is 23.2 Å². The molecule has 3 rings (SSSR count). The van der Waals surface area contributed by atoms with E-state index in [-0.39, 0.29) is 23.0 Å². The summed E-state index contributed by atoms with van der Waals surface area (Å²) in [4.78, 5) is 28.6. The number of sulfonamides is 1. The Balaban J connectivity index is 1.98. The Morgan fingerprint density at radius 1 is 0.900 bits per heavy atom. The summed E-state index contributed by atoms with van der Waals surface area (Å²) in [7, 11) is -4.19. The lowest BCUT2D eigenvalue weighted by atomic mass is 10.1. The highest BCUT2D eigenvalue weighted by Crippen LogP contribution is 2.27. The van der Waals surface area contributed by atoms with E-state index in [4.69, 9.17) is 23.2 Å². The Morgan fingerprint density at radius 3 is 2.23 bits per heavy atom. The molecule has 1 atom stereocenters. The van der Waals surface area contributed by atoms with Crippen LogP contribution in [0.4, 0.5) is 5.69 Å². The normalized spacial score (nSPS) is 12.0. The molecule has 0 spiro atoms. The molecule has 0 aliphatic carbocycles. The minimum atomic E-state index is -4.19. The van der Waals surface area contributed by atoms with Gasteiger partial charge in [0.1, 0.15) is 12.6 Å². The van der Waals surface area contributed by atoms with Crippen molar-refractivity contribution < 1.29 is 18.0 Å². The fourth-order valence-electron chi connectivity index (χ4n) is 4.30. The number of anilines is 1. The van der Waals surface area contributed by atoms with E-state index in [1.807, 2.05) is 44.2 Å². The number of nitrogens with one attached hydrogen (secondary N) is 1. The van der Waals surface area contributed by atoms with Crippen molar-refractivity contribution in [2.75, 3.05) is 23.9 Å². The van der Waals surface area contributed by atoms with Crippen molar-refractivity contribution in [3.8, 4) is 0 Å². The molecule has 0 saturated heterocycles. The fourth-order valence-corrected chi connectivity index (χ4v) is 6.01. The number of hydrogen-bond donors (Lipinski definition) is 1. The molecule has 10 heteroatoms. The van der Waals surface area contributed by atoms with Gasteiger partial charge in [-0.2, -0.15) is 0 Å². The summed E-state index contributed by atoms with van der Waals surface area (Å²) in [5, 5.41) is 3.64. The first-order chi connectivity index (χ1) is 19.2. The molecule has 3 aromatic carbocycles. The highest BCUT2D eigenvalue weighted by atomic mass is 35.5. The van der Waals surface area contributed by atoms with Crippen molar-refractivity contribution in [3.05, 3.63) is 94.5 Å². The molecule has 3 aromatic rings. The van der Waals surface area contributed by atoms with Gasteiger partial charge in [0.25, 0.3) is 10.0 Å². The van der Waals surface area contributed by atoms with Gasteiger partial charge in [0.15, 0.2) is 0 Å². The topological polar surface area (TPSA) is 86.8 Å². The van der Waals surface area contributed by atoms with Crippen LogP contribution in [0.5, 0.6) is 0 Å². The molecule has 214 valence electrons. The van der Waals surface area contributed by atoms with Crippen molar-refractivity contribution in [1.82, 2.24) is 10.2 Å². The Morgan fingerprint density at radius 2 is 1.60 bits per heavy atom. The van der Waals surface area contributed by atoms with Crippen LogP contribution in [0.2, 0.25) is 10.0 Å². The van der Waals surface area contributed by atoms with Crippen LogP contribution in [-0.4, -0.2) is 50.8 Å². The van der Waals surface area contributed by atoms with Crippen molar-refractivity contribution in [2.45, 2.75) is 50.5 Å². The number of carbonyl (C=O) groups excluding carboxylic acids is 2. The van der Waals surface area contributed by atoms with Crippen LogP contribution in [0, 0.1) is 0 Å². The van der Waals surface area contributed by atoms with E-state index >= 15 is 0 Å². The summed E-state index contributed by atoms with van der Waals surface area (Å²) in [6.45, 7) is 4.11. The number of hydrogen-bond acceptors (Lipinski definition) is 4. The smallest absolute Gasteiger partial charge is 0.264 e. The van der Waals surface area contributed by atoms with E-state index in [1.54, 1.807) is 18.2 Å². The summed E-state index contributed by atoms with van der Waals surface area (Å²) in [5.74, 6) is -0.752. The number of amides is 2. The second-order valence-corrected chi connectivity index (χ2v) is 12.1. The number of nitrogens with zero attached hydrogens (tertiary/aromatic N) is 2. The molecule has 1 unspecified atom stereocenters. The number of benzene rings is 3. The van der Waals surface area contributed by atoms with Crippen LogP contribution < -0.4 is 9.62 Å². The summed E-state index contributed by atoms with van der Waals surface area (Å²) < 4.78 is 28.7. The third-order valence-electron chi connectivity index (χ3n) is 6.48. The molecule has 0 aliphatic rings. The predicted molar refractivity (Wildman–Crippen MR) is 161 cm³/mol. The molecule has 7 nitrogen and oxygen atoms in total. The zero-order chi connectivity index (χ0) is 29.1. The van der Waals surface area contributed by atoms with Gasteiger partial charge in [-0.1, -0.05) is 79.9 Å². The molecule has 0 heterocycles. The lowest BCUT2D eigenvalue weighted by Gasteiger charge is -2.33. The highest BCUT2D eigenvalue weighted by molar-refractivity contribution is 7.92. The first-order valence-corrected chi connectivity index (χ1v) is 15.5. The van der Waals surface area contributed by atoms with Crippen LogP contribution in [0.25, 0.3) is 0 Å². The second kappa shape index (κ2) is 15.1. The zero-order valence-electron chi connectivity index (χ0n) is 22.7. The predicted octanol–water partition coefficient (Wildman–Crippen LogP) is 5.95. The molecule has 1 N–H and O–H groups in total. The van der Waals surface area contributed by atoms with E-state index in [0.29, 0.717) is 29.4 Å². The molecule has 40 heavy (non-hydrogen) atoms. The standard InChI is InChI=1S/C30H35Cl2N3O4S/c1-3-5-19-33-30(37)28(4-2)34(20-18-23-10-7-6-8-11-23)29(36)22-35(26-13-9-12-25(32)21-26)40(38,39)27-16-14-24(31)15-17-27/h6-17,21,28H,3-5,18-20,22H2,1-2H3,(H,33,37). The van der Waals surface area contributed by atoms with Gasteiger partial charge >= 0.3 is 0 Å². The lowest BCUT2D eigenvalue weighted by Crippen LogP contribution is -2.53. The Bertz CT molecular complexity index is 1370. The van der Waals surface area contributed by atoms with E-state index in [2.05, 4.69) is 5.32 Å². The molecular weight excluding hydrogens is 569 g/mol. The second-order valence-electron chi connectivity index (χ2n) is 9.34. The largest absolute Gasteiger partial charge is 0.354 e. The number of halogens is 2. The SMILES string of the molecule is CCCCNC(=O)C(CC)N(CCc1ccccc1)C(=O)CN(c1cccc(Cl)c1)S(=O)(=O)c1ccc(Cl)cc1. The van der Waals surface area contributed by atoms with Gasteiger partial charge < -0.3 is 10.2 Å². The third kappa shape index (κ3) is 8.46. The van der Waals surface area contributed by atoms with Crippen LogP contribution in [-0.2, 0) is 26.0 Å². The van der Waals surface area contributed by atoms with Crippen molar-refractivity contribution in [1.29, 1.82) is 0 Å². The van der Waals surface area contributed by atoms with Crippen molar-refractivity contribution in [3.63, 3.8) is 0 Å². The van der Waals surface area contributed by atoms with E-state index in [0.717, 1.165) is 22.7 Å². The van der Waals surface area contributed by atoms with Gasteiger partial charge in [0.05, 0.1) is 10.6 Å². The quantitative estimate of drug-likeness (QED) is 0.230. The lowest BCUT2D eigenvalue weighted by molar-refractivity contribution is -0.139. The van der Waals surface area contributed by atoms with Crippen LogP contribution in [0.3, 0.4) is 0 Å². The molecule has 0 radical (unpaired) electrons. The van der Waals surface area contributed by atoms with Gasteiger partial charge in [-0.15, -0.1) is 0 Å². The first-order valence-electron chi connectivity index (χ1n) is 13.3. The van der Waals surface area contributed by atoms with Gasteiger partial charge in [0.2, 0.25) is 11.8 Å². The fraction of sp³-hybridized carbons (Fsp3) is 0.333. The minimum Gasteiger partial charge on any atom is -0.354 e. The molecule has 0 aromatic heterocycles. The van der Waals surface area contributed by atoms with E-state index in [1.165, 1.54) is 35.2 Å². The Hall–Kier alpha value is -3.07. The number of carbonyl (C=O) groups is 2. The zero-order valence-corrected chi connectivity index (χ0v) is 25.1. The van der Waals surface area contributed by atoms with E-state index in [9.17, 15) is 18.0 Å². The van der Waals surface area contributed by atoms with Crippen molar-refractivity contribution in [2.24, 2.45) is 0 Å². The maximum atomic E-state index is 14.0. The van der Waals surface area contributed by atoms with Crippen molar-refractivity contribution >= 4 is 50.7 Å². The first kappa shape index (κ1) is 31.5. The van der Waals surface area contributed by atoms with Crippen LogP contribution in [0.1, 0.15) is 38.7 Å². The monoisotopic (exact) mass is 603 g/mol. The Kier molecular flexibility index (Phi) is 11.9. The summed E-state index contributed by atoms with van der Waals surface area (Å²) >= 11 is 12.2. The molecule has 2 amide bonds. The third-order valence-corrected chi connectivity index (χ3v) is 8.75. The average molecular weight is 605 g/mol. The molecule has 0 fully saturated rings. The molecule has 0 saturated carbocycles. The maximum Gasteiger partial charge on any atom is 0.264 e. The summed E-state index contributed by atoms with van der Waals surface area (Å²) in [5.41, 5.74) is 1.24. The Labute approximate surface area is 247 Å².